The minimum Gasteiger partial charge on any atom is -0.322 e. The first kappa shape index (κ1) is 15.7. The smallest absolute Gasteiger partial charge is 0.271 e. The summed E-state index contributed by atoms with van der Waals surface area (Å²) in [6.45, 7) is 0. The first-order chi connectivity index (χ1) is 12.6. The number of aromatic nitrogens is 1. The van der Waals surface area contributed by atoms with E-state index >= 15 is 0 Å². The van der Waals surface area contributed by atoms with Crippen molar-refractivity contribution in [2.24, 2.45) is 0 Å². The van der Waals surface area contributed by atoms with Crippen molar-refractivity contribution in [3.8, 4) is 0 Å². The molecule has 1 aromatic heterocycles. The number of carbonyl (C=O) groups is 1. The number of benzene rings is 3. The van der Waals surface area contributed by atoms with Crippen LogP contribution in [0.15, 0.2) is 72.9 Å². The van der Waals surface area contributed by atoms with Gasteiger partial charge >= 0.3 is 0 Å². The van der Waals surface area contributed by atoms with E-state index in [0.717, 1.165) is 16.2 Å². The number of nitrogens with one attached hydrogen (secondary N) is 1. The van der Waals surface area contributed by atoms with Crippen LogP contribution in [0, 0.1) is 10.1 Å². The molecule has 0 aliphatic heterocycles. The Morgan fingerprint density at radius 2 is 1.77 bits per heavy atom. The van der Waals surface area contributed by atoms with Gasteiger partial charge in [-0.25, -0.2) is 0 Å². The minimum absolute atomic E-state index is 0.0794. The van der Waals surface area contributed by atoms with Crippen molar-refractivity contribution in [2.75, 3.05) is 5.32 Å². The van der Waals surface area contributed by atoms with Crippen molar-refractivity contribution in [1.29, 1.82) is 0 Å². The number of pyridine rings is 1. The third-order valence-corrected chi connectivity index (χ3v) is 4.17. The normalized spacial score (nSPS) is 10.8. The molecule has 0 saturated heterocycles. The predicted molar refractivity (Wildman–Crippen MR) is 100 cm³/mol. The molecule has 4 rings (SSSR count). The third kappa shape index (κ3) is 2.73. The Balaban J connectivity index is 1.81. The Kier molecular flexibility index (Phi) is 3.78. The van der Waals surface area contributed by atoms with E-state index in [9.17, 15) is 14.9 Å². The summed E-state index contributed by atoms with van der Waals surface area (Å²) in [5.41, 5.74) is 1.30. The summed E-state index contributed by atoms with van der Waals surface area (Å²) in [6, 6.07) is 19.2. The van der Waals surface area contributed by atoms with Crippen LogP contribution in [-0.4, -0.2) is 15.8 Å². The van der Waals surface area contributed by atoms with Gasteiger partial charge in [0.15, 0.2) is 0 Å². The number of hydrogen-bond acceptors (Lipinski definition) is 4. The Labute approximate surface area is 148 Å². The highest BCUT2D eigenvalue weighted by Crippen LogP contribution is 2.28. The molecule has 4 aromatic rings. The number of hydrogen-bond donors (Lipinski definition) is 1. The molecule has 1 amide bonds. The molecule has 26 heavy (non-hydrogen) atoms. The number of carbonyl (C=O) groups excluding carboxylic acids is 1. The van der Waals surface area contributed by atoms with Gasteiger partial charge in [-0.2, -0.15) is 0 Å². The SMILES string of the molecule is O=C(Nc1cccc([N+](=O)[O-])c1)c1cc2ccccc2c2cccnc12. The fraction of sp³-hybridized carbons (Fsp3) is 0. The van der Waals surface area contributed by atoms with Crippen LogP contribution < -0.4 is 5.32 Å². The van der Waals surface area contributed by atoms with Gasteiger partial charge in [0, 0.05) is 29.4 Å². The number of nitro benzene ring substituents is 1. The van der Waals surface area contributed by atoms with Gasteiger partial charge in [-0.15, -0.1) is 0 Å². The minimum atomic E-state index is -0.497. The first-order valence-electron chi connectivity index (χ1n) is 7.96. The highest BCUT2D eigenvalue weighted by Gasteiger charge is 2.15. The fourth-order valence-corrected chi connectivity index (χ4v) is 3.00. The van der Waals surface area contributed by atoms with E-state index in [1.165, 1.54) is 18.2 Å². The Bertz CT molecular complexity index is 1170. The molecule has 1 heterocycles. The van der Waals surface area contributed by atoms with Crippen molar-refractivity contribution in [3.05, 3.63) is 88.6 Å². The van der Waals surface area contributed by atoms with Crippen LogP contribution in [0.25, 0.3) is 21.7 Å². The molecule has 0 bridgehead atoms. The van der Waals surface area contributed by atoms with Crippen molar-refractivity contribution in [2.45, 2.75) is 0 Å². The Hall–Kier alpha value is -3.80. The summed E-state index contributed by atoms with van der Waals surface area (Å²) in [7, 11) is 0. The predicted octanol–water partition coefficient (Wildman–Crippen LogP) is 4.55. The monoisotopic (exact) mass is 343 g/mol. The fourth-order valence-electron chi connectivity index (χ4n) is 3.00. The van der Waals surface area contributed by atoms with E-state index in [1.807, 2.05) is 36.4 Å². The molecule has 0 radical (unpaired) electrons. The molecule has 0 saturated carbocycles. The van der Waals surface area contributed by atoms with Gasteiger partial charge in [0.2, 0.25) is 0 Å². The maximum Gasteiger partial charge on any atom is 0.271 e. The van der Waals surface area contributed by atoms with Gasteiger partial charge < -0.3 is 5.32 Å². The number of nitro groups is 1. The van der Waals surface area contributed by atoms with Crippen LogP contribution in [0.2, 0.25) is 0 Å². The average Bonchev–Trinajstić information content (AvgIpc) is 2.67. The van der Waals surface area contributed by atoms with Crippen molar-refractivity contribution >= 4 is 39.0 Å². The standard InChI is InChI=1S/C20H13N3O3/c24-20(22-14-6-3-7-15(12-14)23(25)26)18-11-13-5-1-2-8-16(13)17-9-4-10-21-19(17)18/h1-12H,(H,22,24). The highest BCUT2D eigenvalue weighted by molar-refractivity contribution is 6.18. The quantitative estimate of drug-likeness (QED) is 0.336. The lowest BCUT2D eigenvalue weighted by atomic mass is 10.0. The lowest BCUT2D eigenvalue weighted by Gasteiger charge is -2.10. The van der Waals surface area contributed by atoms with Crippen molar-refractivity contribution < 1.29 is 9.72 Å². The zero-order valence-electron chi connectivity index (χ0n) is 13.5. The number of amides is 1. The number of non-ortho nitro benzene ring substituents is 1. The maximum atomic E-state index is 12.8. The van der Waals surface area contributed by atoms with Crippen molar-refractivity contribution in [3.63, 3.8) is 0 Å². The van der Waals surface area contributed by atoms with Crippen LogP contribution >= 0.6 is 0 Å². The van der Waals surface area contributed by atoms with Crippen LogP contribution in [0.5, 0.6) is 0 Å². The summed E-state index contributed by atoms with van der Waals surface area (Å²) in [5, 5.41) is 16.5. The largest absolute Gasteiger partial charge is 0.322 e. The molecule has 6 nitrogen and oxygen atoms in total. The van der Waals surface area contributed by atoms with E-state index in [1.54, 1.807) is 18.3 Å². The Morgan fingerprint density at radius 3 is 2.62 bits per heavy atom. The highest BCUT2D eigenvalue weighted by atomic mass is 16.6. The second-order valence-electron chi connectivity index (χ2n) is 5.81. The number of nitrogens with zero attached hydrogens (tertiary/aromatic N) is 2. The molecule has 0 spiro atoms. The molecule has 3 aromatic carbocycles. The molecule has 0 aliphatic rings. The maximum absolute atomic E-state index is 12.8. The van der Waals surface area contributed by atoms with Crippen LogP contribution in [0.4, 0.5) is 11.4 Å². The first-order valence-corrected chi connectivity index (χ1v) is 7.96. The summed E-state index contributed by atoms with van der Waals surface area (Å²) in [5.74, 6) is -0.361. The molecule has 126 valence electrons. The number of anilines is 1. The summed E-state index contributed by atoms with van der Waals surface area (Å²) in [4.78, 5) is 27.6. The van der Waals surface area contributed by atoms with Gasteiger partial charge in [0.1, 0.15) is 0 Å². The summed E-state index contributed by atoms with van der Waals surface area (Å²) < 4.78 is 0. The third-order valence-electron chi connectivity index (χ3n) is 4.17. The molecule has 1 N–H and O–H groups in total. The van der Waals surface area contributed by atoms with E-state index in [-0.39, 0.29) is 11.6 Å². The molecule has 0 fully saturated rings. The number of rotatable bonds is 3. The van der Waals surface area contributed by atoms with Gasteiger partial charge in [-0.3, -0.25) is 19.9 Å². The van der Waals surface area contributed by atoms with E-state index in [0.29, 0.717) is 16.8 Å². The zero-order valence-corrected chi connectivity index (χ0v) is 13.5. The van der Waals surface area contributed by atoms with Gasteiger partial charge in [0.05, 0.1) is 16.0 Å². The van der Waals surface area contributed by atoms with Gasteiger partial charge in [-0.1, -0.05) is 36.4 Å². The Morgan fingerprint density at radius 1 is 0.962 bits per heavy atom. The van der Waals surface area contributed by atoms with Gasteiger partial charge in [0.25, 0.3) is 11.6 Å². The second-order valence-corrected chi connectivity index (χ2v) is 5.81. The van der Waals surface area contributed by atoms with E-state index in [2.05, 4.69) is 10.3 Å². The molecular weight excluding hydrogens is 330 g/mol. The molecule has 6 heteroatoms. The molecular formula is C20H13N3O3. The van der Waals surface area contributed by atoms with E-state index < -0.39 is 4.92 Å². The molecule has 0 aliphatic carbocycles. The molecule has 0 atom stereocenters. The topological polar surface area (TPSA) is 85.1 Å². The molecule has 0 unspecified atom stereocenters. The van der Waals surface area contributed by atoms with Gasteiger partial charge in [-0.05, 0) is 29.0 Å². The lowest BCUT2D eigenvalue weighted by molar-refractivity contribution is -0.384. The zero-order chi connectivity index (χ0) is 18.1. The van der Waals surface area contributed by atoms with Crippen LogP contribution in [0.1, 0.15) is 10.4 Å². The second kappa shape index (κ2) is 6.25. The van der Waals surface area contributed by atoms with E-state index in [4.69, 9.17) is 0 Å². The van der Waals surface area contributed by atoms with Crippen LogP contribution in [0.3, 0.4) is 0 Å². The summed E-state index contributed by atoms with van der Waals surface area (Å²) in [6.07, 6.45) is 1.64. The average molecular weight is 343 g/mol. The lowest BCUT2D eigenvalue weighted by Crippen LogP contribution is -2.13. The summed E-state index contributed by atoms with van der Waals surface area (Å²) >= 11 is 0. The van der Waals surface area contributed by atoms with Crippen LogP contribution in [-0.2, 0) is 0 Å². The number of fused-ring (bicyclic) bond motifs is 3. The van der Waals surface area contributed by atoms with Crippen molar-refractivity contribution in [1.82, 2.24) is 4.98 Å².